The van der Waals surface area contributed by atoms with Gasteiger partial charge in [-0.3, -0.25) is 15.2 Å². The van der Waals surface area contributed by atoms with E-state index >= 15 is 0 Å². The molecule has 2 rings (SSSR count). The van der Waals surface area contributed by atoms with Crippen LogP contribution >= 0.6 is 0 Å². The number of carboxylic acids is 1. The molecule has 6 heteroatoms. The van der Waals surface area contributed by atoms with Crippen molar-refractivity contribution < 1.29 is 20.3 Å². The number of carbonyl (C=O) groups is 1. The summed E-state index contributed by atoms with van der Waals surface area (Å²) in [5, 5.41) is 27.1. The number of aromatic amines is 1. The SMILES string of the molecule is O=C(O)C(Cc1c[nH]c2ccccc12)N(O)O. The van der Waals surface area contributed by atoms with Gasteiger partial charge in [0, 0.05) is 23.5 Å². The summed E-state index contributed by atoms with van der Waals surface area (Å²) < 4.78 is 0. The molecule has 0 amide bonds. The number of aliphatic carboxylic acids is 1. The summed E-state index contributed by atoms with van der Waals surface area (Å²) in [5.74, 6) is -1.29. The van der Waals surface area contributed by atoms with Gasteiger partial charge in [-0.05, 0) is 11.6 Å². The molecule has 0 radical (unpaired) electrons. The van der Waals surface area contributed by atoms with Gasteiger partial charge in [-0.2, -0.15) is 0 Å². The standard InChI is InChI=1S/C11H12N2O4/c14-11(15)10(13(16)17)5-7-6-12-9-4-2-1-3-8(7)9/h1-4,6,10,12,16-17H,5H2,(H,14,15). The Morgan fingerprint density at radius 2 is 2.06 bits per heavy atom. The number of nitrogens with zero attached hydrogens (tertiary/aromatic N) is 1. The van der Waals surface area contributed by atoms with Crippen molar-refractivity contribution in [3.63, 3.8) is 0 Å². The molecule has 0 bridgehead atoms. The number of rotatable bonds is 4. The van der Waals surface area contributed by atoms with Crippen LogP contribution in [-0.2, 0) is 11.2 Å². The van der Waals surface area contributed by atoms with Crippen molar-refractivity contribution in [3.8, 4) is 0 Å². The highest BCUT2D eigenvalue weighted by atomic mass is 16.8. The first-order valence-corrected chi connectivity index (χ1v) is 5.04. The highest BCUT2D eigenvalue weighted by molar-refractivity contribution is 5.84. The second-order valence-electron chi connectivity index (χ2n) is 3.74. The third kappa shape index (κ3) is 2.28. The Morgan fingerprint density at radius 1 is 1.35 bits per heavy atom. The van der Waals surface area contributed by atoms with E-state index in [2.05, 4.69) is 4.98 Å². The van der Waals surface area contributed by atoms with E-state index in [-0.39, 0.29) is 11.6 Å². The van der Waals surface area contributed by atoms with E-state index in [4.69, 9.17) is 15.5 Å². The van der Waals surface area contributed by atoms with Gasteiger partial charge >= 0.3 is 5.97 Å². The molecule has 1 aromatic heterocycles. The van der Waals surface area contributed by atoms with Crippen LogP contribution in [0.1, 0.15) is 5.56 Å². The first-order chi connectivity index (χ1) is 8.09. The summed E-state index contributed by atoms with van der Waals surface area (Å²) in [6, 6.07) is 6.03. The van der Waals surface area contributed by atoms with Gasteiger partial charge in [0.15, 0.2) is 6.04 Å². The van der Waals surface area contributed by atoms with Gasteiger partial charge < -0.3 is 10.1 Å². The van der Waals surface area contributed by atoms with Gasteiger partial charge in [-0.15, -0.1) is 0 Å². The predicted molar refractivity (Wildman–Crippen MR) is 58.8 cm³/mol. The lowest BCUT2D eigenvalue weighted by molar-refractivity contribution is -0.327. The number of aromatic nitrogens is 1. The fourth-order valence-corrected chi connectivity index (χ4v) is 1.78. The topological polar surface area (TPSA) is 96.8 Å². The second-order valence-corrected chi connectivity index (χ2v) is 3.74. The maximum Gasteiger partial charge on any atom is 0.326 e. The molecule has 0 saturated carbocycles. The van der Waals surface area contributed by atoms with E-state index < -0.39 is 12.0 Å². The zero-order valence-electron chi connectivity index (χ0n) is 8.87. The van der Waals surface area contributed by atoms with Gasteiger partial charge in [0.05, 0.1) is 0 Å². The van der Waals surface area contributed by atoms with Crippen molar-refractivity contribution in [1.82, 2.24) is 10.2 Å². The molecule has 0 saturated heterocycles. The van der Waals surface area contributed by atoms with E-state index in [9.17, 15) is 4.79 Å². The Balaban J connectivity index is 2.31. The van der Waals surface area contributed by atoms with Crippen LogP contribution in [-0.4, -0.2) is 37.7 Å². The fraction of sp³-hybridized carbons (Fsp3) is 0.182. The molecule has 6 nitrogen and oxygen atoms in total. The van der Waals surface area contributed by atoms with E-state index in [1.807, 2.05) is 24.3 Å². The van der Waals surface area contributed by atoms with Crippen LogP contribution in [0.5, 0.6) is 0 Å². The molecule has 1 unspecified atom stereocenters. The van der Waals surface area contributed by atoms with E-state index in [0.29, 0.717) is 0 Å². The zero-order valence-corrected chi connectivity index (χ0v) is 8.87. The smallest absolute Gasteiger partial charge is 0.326 e. The molecule has 0 aliphatic rings. The van der Waals surface area contributed by atoms with Crippen molar-refractivity contribution in [3.05, 3.63) is 36.0 Å². The zero-order chi connectivity index (χ0) is 12.4. The molecule has 1 atom stereocenters. The molecule has 0 spiro atoms. The van der Waals surface area contributed by atoms with Crippen molar-refractivity contribution in [2.24, 2.45) is 0 Å². The number of benzene rings is 1. The quantitative estimate of drug-likeness (QED) is 0.599. The Kier molecular flexibility index (Phi) is 3.10. The third-order valence-corrected chi connectivity index (χ3v) is 2.65. The molecule has 0 aliphatic carbocycles. The molecule has 17 heavy (non-hydrogen) atoms. The number of nitrogens with one attached hydrogen (secondary N) is 1. The van der Waals surface area contributed by atoms with Gasteiger partial charge in [0.2, 0.25) is 0 Å². The number of hydrogen-bond acceptors (Lipinski definition) is 4. The average molecular weight is 236 g/mol. The minimum Gasteiger partial charge on any atom is -0.480 e. The largest absolute Gasteiger partial charge is 0.480 e. The normalized spacial score (nSPS) is 13.1. The lowest BCUT2D eigenvalue weighted by atomic mass is 10.1. The molecule has 4 N–H and O–H groups in total. The lowest BCUT2D eigenvalue weighted by Crippen LogP contribution is -2.38. The van der Waals surface area contributed by atoms with Crippen LogP contribution in [0.2, 0.25) is 0 Å². The van der Waals surface area contributed by atoms with Crippen molar-refractivity contribution in [2.75, 3.05) is 0 Å². The van der Waals surface area contributed by atoms with Crippen molar-refractivity contribution in [2.45, 2.75) is 12.5 Å². The number of H-pyrrole nitrogens is 1. The van der Waals surface area contributed by atoms with Crippen LogP contribution in [0.4, 0.5) is 0 Å². The molecule has 1 heterocycles. The summed E-state index contributed by atoms with van der Waals surface area (Å²) in [6.07, 6.45) is 1.68. The van der Waals surface area contributed by atoms with Crippen LogP contribution in [0.15, 0.2) is 30.5 Å². The monoisotopic (exact) mass is 236 g/mol. The Morgan fingerprint density at radius 3 is 2.71 bits per heavy atom. The number of fused-ring (bicyclic) bond motifs is 1. The van der Waals surface area contributed by atoms with Crippen molar-refractivity contribution >= 4 is 16.9 Å². The predicted octanol–water partition coefficient (Wildman–Crippen LogP) is 1.24. The summed E-state index contributed by atoms with van der Waals surface area (Å²) in [7, 11) is 0. The molecular weight excluding hydrogens is 224 g/mol. The third-order valence-electron chi connectivity index (χ3n) is 2.65. The summed E-state index contributed by atoms with van der Waals surface area (Å²) in [5.41, 5.74) is 1.61. The highest BCUT2D eigenvalue weighted by Gasteiger charge is 2.24. The minimum absolute atomic E-state index is 0.00630. The molecule has 1 aromatic carbocycles. The Labute approximate surface area is 96.6 Å². The van der Waals surface area contributed by atoms with Crippen LogP contribution in [0, 0.1) is 0 Å². The molecule has 0 fully saturated rings. The molecule has 2 aromatic rings. The first-order valence-electron chi connectivity index (χ1n) is 5.04. The minimum atomic E-state index is -1.38. The number of hydrogen-bond donors (Lipinski definition) is 4. The van der Waals surface area contributed by atoms with Crippen LogP contribution < -0.4 is 0 Å². The van der Waals surface area contributed by atoms with Crippen molar-refractivity contribution in [1.29, 1.82) is 0 Å². The Hall–Kier alpha value is -1.89. The van der Waals surface area contributed by atoms with Crippen LogP contribution in [0.3, 0.4) is 0 Å². The summed E-state index contributed by atoms with van der Waals surface area (Å²) >= 11 is 0. The molecule has 0 aliphatic heterocycles. The maximum atomic E-state index is 10.8. The van der Waals surface area contributed by atoms with Gasteiger partial charge in [0.25, 0.3) is 0 Å². The fourth-order valence-electron chi connectivity index (χ4n) is 1.78. The van der Waals surface area contributed by atoms with Gasteiger partial charge in [-0.1, -0.05) is 23.4 Å². The summed E-state index contributed by atoms with van der Waals surface area (Å²) in [6.45, 7) is 0. The van der Waals surface area contributed by atoms with Crippen LogP contribution in [0.25, 0.3) is 10.9 Å². The van der Waals surface area contributed by atoms with E-state index in [1.54, 1.807) is 6.20 Å². The number of hydroxylamine groups is 2. The maximum absolute atomic E-state index is 10.8. The second kappa shape index (κ2) is 4.54. The van der Waals surface area contributed by atoms with E-state index in [0.717, 1.165) is 16.5 Å². The highest BCUT2D eigenvalue weighted by Crippen LogP contribution is 2.19. The average Bonchev–Trinajstić information content (AvgIpc) is 2.68. The van der Waals surface area contributed by atoms with Gasteiger partial charge in [0.1, 0.15) is 0 Å². The van der Waals surface area contributed by atoms with E-state index in [1.165, 1.54) is 0 Å². The molecule has 90 valence electrons. The lowest BCUT2D eigenvalue weighted by Gasteiger charge is -2.15. The number of para-hydroxylation sites is 1. The first kappa shape index (κ1) is 11.6. The molecular formula is C11H12N2O4. The summed E-state index contributed by atoms with van der Waals surface area (Å²) in [4.78, 5) is 13.8. The van der Waals surface area contributed by atoms with Gasteiger partial charge in [-0.25, -0.2) is 0 Å². The Bertz CT molecular complexity index is 535. The number of carboxylic acid groups (broad SMARTS) is 1.